The van der Waals surface area contributed by atoms with E-state index >= 15 is 0 Å². The van der Waals surface area contributed by atoms with Gasteiger partial charge in [0, 0.05) is 0 Å². The second-order valence-electron chi connectivity index (χ2n) is 6.22. The first-order chi connectivity index (χ1) is 8.89. The number of hydrogen-bond acceptors (Lipinski definition) is 2. The maximum atomic E-state index is 6.39. The van der Waals surface area contributed by atoms with Gasteiger partial charge in [0.15, 0.2) is 0 Å². The Morgan fingerprint density at radius 1 is 0.947 bits per heavy atom. The Hall–Kier alpha value is -0.283. The smallest absolute Gasteiger partial charge is 0.200 e. The molecule has 0 aromatic rings. The lowest BCUT2D eigenvalue weighted by atomic mass is 10.4. The van der Waals surface area contributed by atoms with Crippen LogP contribution in [-0.2, 0) is 9.16 Å². The van der Waals surface area contributed by atoms with Gasteiger partial charge in [0.05, 0.1) is 19.5 Å². The minimum Gasteiger partial charge on any atom is -0.501 e. The monoisotopic (exact) mass is 286 g/mol. The molecule has 0 bridgehead atoms. The van der Waals surface area contributed by atoms with Gasteiger partial charge in [-0.1, -0.05) is 54.9 Å². The fourth-order valence-electron chi connectivity index (χ4n) is 3.10. The summed E-state index contributed by atoms with van der Waals surface area (Å²) in [7, 11) is -1.71. The summed E-state index contributed by atoms with van der Waals surface area (Å²) in [4.78, 5) is 0. The van der Waals surface area contributed by atoms with E-state index in [9.17, 15) is 0 Å². The lowest BCUT2D eigenvalue weighted by Crippen LogP contribution is -2.47. The van der Waals surface area contributed by atoms with E-state index in [2.05, 4.69) is 48.5 Å². The first-order valence-corrected chi connectivity index (χ1v) is 9.94. The predicted molar refractivity (Wildman–Crippen MR) is 87.0 cm³/mol. The van der Waals surface area contributed by atoms with Crippen LogP contribution in [0.1, 0.15) is 61.3 Å². The molecule has 0 aromatic heterocycles. The van der Waals surface area contributed by atoms with Gasteiger partial charge >= 0.3 is 0 Å². The van der Waals surface area contributed by atoms with E-state index in [1.807, 2.05) is 6.08 Å². The zero-order valence-corrected chi connectivity index (χ0v) is 15.0. The summed E-state index contributed by atoms with van der Waals surface area (Å²) >= 11 is 0. The Morgan fingerprint density at radius 2 is 1.47 bits per heavy atom. The van der Waals surface area contributed by atoms with Gasteiger partial charge in [-0.2, -0.15) is 0 Å². The molecule has 0 amide bonds. The third-order valence-corrected chi connectivity index (χ3v) is 10.0. The van der Waals surface area contributed by atoms with Gasteiger partial charge in [0.25, 0.3) is 0 Å². The van der Waals surface area contributed by atoms with E-state index in [4.69, 9.17) is 9.16 Å². The average Bonchev–Trinajstić information content (AvgIpc) is 2.31. The van der Waals surface area contributed by atoms with Gasteiger partial charge in [0.2, 0.25) is 8.32 Å². The minimum absolute atomic E-state index is 0.641. The molecule has 0 saturated carbocycles. The average molecular weight is 287 g/mol. The summed E-state index contributed by atoms with van der Waals surface area (Å²) in [5.41, 5.74) is 1.92. The fourth-order valence-corrected chi connectivity index (χ4v) is 8.48. The van der Waals surface area contributed by atoms with Crippen LogP contribution in [0.25, 0.3) is 0 Å². The number of rotatable bonds is 10. The standard InChI is InChI=1S/C16H34O2Si/c1-8-9-11-17-12-10-13-18-19(14(2)3,15(4)5)16(6)7/h10,12,14-16H,8-9,11,13H2,1-7H3/b12-10+. The molecule has 2 nitrogen and oxygen atoms in total. The minimum atomic E-state index is -1.71. The highest BCUT2D eigenvalue weighted by atomic mass is 28.4. The summed E-state index contributed by atoms with van der Waals surface area (Å²) in [6, 6.07) is 0. The fraction of sp³-hybridized carbons (Fsp3) is 0.875. The van der Waals surface area contributed by atoms with Gasteiger partial charge in [-0.15, -0.1) is 0 Å². The highest BCUT2D eigenvalue weighted by molar-refractivity contribution is 6.77. The van der Waals surface area contributed by atoms with Gasteiger partial charge in [-0.05, 0) is 29.1 Å². The van der Waals surface area contributed by atoms with Crippen LogP contribution in [0.3, 0.4) is 0 Å². The third kappa shape index (κ3) is 5.70. The zero-order valence-electron chi connectivity index (χ0n) is 14.0. The molecule has 0 spiro atoms. The normalized spacial score (nSPS) is 13.2. The lowest BCUT2D eigenvalue weighted by Gasteiger charge is -2.41. The molecule has 19 heavy (non-hydrogen) atoms. The summed E-state index contributed by atoms with van der Waals surface area (Å²) in [6.45, 7) is 17.6. The maximum absolute atomic E-state index is 6.39. The summed E-state index contributed by atoms with van der Waals surface area (Å²) in [6.07, 6.45) is 6.11. The van der Waals surface area contributed by atoms with Crippen molar-refractivity contribution in [3.63, 3.8) is 0 Å². The molecule has 0 atom stereocenters. The Kier molecular flexibility index (Phi) is 9.45. The second kappa shape index (κ2) is 9.59. The van der Waals surface area contributed by atoms with Crippen LogP contribution in [0.4, 0.5) is 0 Å². The molecular weight excluding hydrogens is 252 g/mol. The Labute approximate surface area is 121 Å². The van der Waals surface area contributed by atoms with Crippen LogP contribution < -0.4 is 0 Å². The third-order valence-electron chi connectivity index (χ3n) is 3.94. The molecule has 0 saturated heterocycles. The molecular formula is C16H34O2Si. The van der Waals surface area contributed by atoms with Crippen LogP contribution in [-0.4, -0.2) is 21.5 Å². The van der Waals surface area contributed by atoms with Crippen molar-refractivity contribution >= 4 is 8.32 Å². The van der Waals surface area contributed by atoms with E-state index in [-0.39, 0.29) is 0 Å². The molecule has 0 unspecified atom stereocenters. The van der Waals surface area contributed by atoms with Gasteiger partial charge in [-0.3, -0.25) is 0 Å². The number of hydrogen-bond donors (Lipinski definition) is 0. The molecule has 0 aliphatic heterocycles. The van der Waals surface area contributed by atoms with Crippen molar-refractivity contribution < 1.29 is 9.16 Å². The van der Waals surface area contributed by atoms with E-state index in [0.717, 1.165) is 13.0 Å². The van der Waals surface area contributed by atoms with Crippen molar-refractivity contribution in [3.8, 4) is 0 Å². The second-order valence-corrected chi connectivity index (χ2v) is 11.7. The summed E-state index contributed by atoms with van der Waals surface area (Å²) in [5, 5.41) is 0. The Morgan fingerprint density at radius 3 is 1.89 bits per heavy atom. The van der Waals surface area contributed by atoms with Gasteiger partial charge in [0.1, 0.15) is 0 Å². The quantitative estimate of drug-likeness (QED) is 0.299. The Bertz CT molecular complexity index is 225. The van der Waals surface area contributed by atoms with E-state index in [1.165, 1.54) is 6.42 Å². The molecule has 0 radical (unpaired) electrons. The summed E-state index contributed by atoms with van der Waals surface area (Å²) < 4.78 is 11.8. The molecule has 0 aliphatic rings. The van der Waals surface area contributed by atoms with E-state index in [0.29, 0.717) is 23.2 Å². The highest BCUT2D eigenvalue weighted by Gasteiger charge is 2.44. The van der Waals surface area contributed by atoms with Crippen molar-refractivity contribution in [3.05, 3.63) is 12.3 Å². The van der Waals surface area contributed by atoms with Crippen LogP contribution in [0, 0.1) is 0 Å². The van der Waals surface area contributed by atoms with Crippen molar-refractivity contribution in [1.82, 2.24) is 0 Å². The van der Waals surface area contributed by atoms with E-state index < -0.39 is 8.32 Å². The van der Waals surface area contributed by atoms with Gasteiger partial charge in [-0.25, -0.2) is 0 Å². The van der Waals surface area contributed by atoms with Crippen molar-refractivity contribution in [2.45, 2.75) is 77.9 Å². The molecule has 0 rings (SSSR count). The maximum Gasteiger partial charge on any atom is 0.200 e. The van der Waals surface area contributed by atoms with E-state index in [1.54, 1.807) is 6.26 Å². The molecule has 0 aliphatic carbocycles. The first kappa shape index (κ1) is 18.7. The van der Waals surface area contributed by atoms with Crippen LogP contribution in [0.15, 0.2) is 12.3 Å². The first-order valence-electron chi connectivity index (χ1n) is 7.80. The molecule has 0 fully saturated rings. The number of unbranched alkanes of at least 4 members (excludes halogenated alkanes) is 1. The predicted octanol–water partition coefficient (Wildman–Crippen LogP) is 5.51. The van der Waals surface area contributed by atoms with Crippen LogP contribution in [0.5, 0.6) is 0 Å². The summed E-state index contributed by atoms with van der Waals surface area (Å²) in [5.74, 6) is 0. The largest absolute Gasteiger partial charge is 0.501 e. The molecule has 114 valence electrons. The number of ether oxygens (including phenoxy) is 1. The topological polar surface area (TPSA) is 18.5 Å². The Balaban J connectivity index is 4.36. The highest BCUT2D eigenvalue weighted by Crippen LogP contribution is 2.42. The molecule has 0 heterocycles. The molecule has 0 aromatic carbocycles. The lowest BCUT2D eigenvalue weighted by molar-refractivity contribution is 0.238. The van der Waals surface area contributed by atoms with Gasteiger partial charge < -0.3 is 9.16 Å². The zero-order chi connectivity index (χ0) is 14.9. The van der Waals surface area contributed by atoms with Crippen molar-refractivity contribution in [2.75, 3.05) is 13.2 Å². The molecule has 3 heteroatoms. The van der Waals surface area contributed by atoms with Crippen LogP contribution >= 0.6 is 0 Å². The SMILES string of the molecule is CCCCO/C=C/CO[Si](C(C)C)(C(C)C)C(C)C. The van der Waals surface area contributed by atoms with Crippen molar-refractivity contribution in [1.29, 1.82) is 0 Å². The van der Waals surface area contributed by atoms with Crippen molar-refractivity contribution in [2.24, 2.45) is 0 Å². The van der Waals surface area contributed by atoms with Crippen LogP contribution in [0.2, 0.25) is 16.6 Å². The molecule has 0 N–H and O–H groups in total.